The fraction of sp³-hybridized carbons (Fsp3) is 0.278. The quantitative estimate of drug-likeness (QED) is 0.776. The van der Waals surface area contributed by atoms with E-state index >= 15 is 0 Å². The SMILES string of the molecule is Cc1cc(C)n(-c2nc(CCNC(=O)c3ccccc3C)cs2)n1. The summed E-state index contributed by atoms with van der Waals surface area (Å²) in [6.45, 7) is 6.49. The molecule has 124 valence electrons. The maximum atomic E-state index is 12.2. The lowest BCUT2D eigenvalue weighted by atomic mass is 10.1. The molecule has 3 rings (SSSR count). The van der Waals surface area contributed by atoms with Crippen LogP contribution >= 0.6 is 11.3 Å². The molecule has 0 fully saturated rings. The van der Waals surface area contributed by atoms with Gasteiger partial charge in [-0.15, -0.1) is 11.3 Å². The highest BCUT2D eigenvalue weighted by Gasteiger charge is 2.10. The van der Waals surface area contributed by atoms with E-state index in [-0.39, 0.29) is 5.91 Å². The third-order valence-corrected chi connectivity index (χ3v) is 4.65. The summed E-state index contributed by atoms with van der Waals surface area (Å²) in [5.41, 5.74) is 4.72. The van der Waals surface area contributed by atoms with Crippen molar-refractivity contribution in [2.45, 2.75) is 27.2 Å². The third-order valence-electron chi connectivity index (χ3n) is 3.79. The highest BCUT2D eigenvalue weighted by molar-refractivity contribution is 7.12. The van der Waals surface area contributed by atoms with Crippen LogP contribution in [0.2, 0.25) is 0 Å². The molecule has 1 N–H and O–H groups in total. The molecule has 2 heterocycles. The minimum atomic E-state index is -0.0397. The average molecular weight is 340 g/mol. The predicted molar refractivity (Wildman–Crippen MR) is 95.9 cm³/mol. The van der Waals surface area contributed by atoms with E-state index in [1.54, 1.807) is 11.3 Å². The molecule has 5 nitrogen and oxygen atoms in total. The van der Waals surface area contributed by atoms with Gasteiger partial charge in [-0.2, -0.15) is 5.10 Å². The molecule has 1 amide bonds. The lowest BCUT2D eigenvalue weighted by molar-refractivity contribution is 0.0953. The van der Waals surface area contributed by atoms with Crippen molar-refractivity contribution in [3.05, 3.63) is 63.9 Å². The minimum Gasteiger partial charge on any atom is -0.352 e. The van der Waals surface area contributed by atoms with Gasteiger partial charge in [0, 0.05) is 29.6 Å². The molecule has 2 aromatic heterocycles. The Morgan fingerprint density at radius 3 is 2.75 bits per heavy atom. The lowest BCUT2D eigenvalue weighted by Gasteiger charge is -2.06. The second-order valence-electron chi connectivity index (χ2n) is 5.78. The lowest BCUT2D eigenvalue weighted by Crippen LogP contribution is -2.26. The molecule has 0 aliphatic rings. The van der Waals surface area contributed by atoms with E-state index < -0.39 is 0 Å². The predicted octanol–water partition coefficient (Wildman–Crippen LogP) is 3.23. The first-order valence-corrected chi connectivity index (χ1v) is 8.74. The summed E-state index contributed by atoms with van der Waals surface area (Å²) in [5.74, 6) is -0.0397. The fourth-order valence-corrected chi connectivity index (χ4v) is 3.42. The molecular formula is C18H20N4OS. The Bertz CT molecular complexity index is 866. The highest BCUT2D eigenvalue weighted by atomic mass is 32.1. The summed E-state index contributed by atoms with van der Waals surface area (Å²) in [5, 5.41) is 10.3. The first-order chi connectivity index (χ1) is 11.5. The minimum absolute atomic E-state index is 0.0397. The molecule has 0 saturated heterocycles. The van der Waals surface area contributed by atoms with E-state index in [0.717, 1.165) is 33.3 Å². The number of aryl methyl sites for hydroxylation is 3. The van der Waals surface area contributed by atoms with Crippen LogP contribution in [0.3, 0.4) is 0 Å². The summed E-state index contributed by atoms with van der Waals surface area (Å²) in [6.07, 6.45) is 0.702. The van der Waals surface area contributed by atoms with Crippen molar-refractivity contribution >= 4 is 17.2 Å². The Hall–Kier alpha value is -2.47. The fourth-order valence-electron chi connectivity index (χ4n) is 2.56. The first-order valence-electron chi connectivity index (χ1n) is 7.86. The average Bonchev–Trinajstić information content (AvgIpc) is 3.13. The van der Waals surface area contributed by atoms with Crippen LogP contribution in [0.4, 0.5) is 0 Å². The number of nitrogens with one attached hydrogen (secondary N) is 1. The van der Waals surface area contributed by atoms with Crippen molar-refractivity contribution in [2.75, 3.05) is 6.54 Å². The molecule has 0 atom stereocenters. The molecule has 0 saturated carbocycles. The number of amides is 1. The third kappa shape index (κ3) is 3.54. The van der Waals surface area contributed by atoms with E-state index in [1.807, 2.05) is 61.2 Å². The van der Waals surface area contributed by atoms with Crippen LogP contribution in [0.1, 0.15) is 33.0 Å². The summed E-state index contributed by atoms with van der Waals surface area (Å²) in [6, 6.07) is 9.62. The number of thiazole rings is 1. The van der Waals surface area contributed by atoms with E-state index in [9.17, 15) is 4.79 Å². The van der Waals surface area contributed by atoms with Crippen LogP contribution in [-0.4, -0.2) is 27.2 Å². The van der Waals surface area contributed by atoms with Gasteiger partial charge in [-0.1, -0.05) is 18.2 Å². The molecule has 1 aromatic carbocycles. The number of carbonyl (C=O) groups is 1. The molecule has 0 bridgehead atoms. The van der Waals surface area contributed by atoms with Gasteiger partial charge in [0.2, 0.25) is 5.13 Å². The van der Waals surface area contributed by atoms with Crippen molar-refractivity contribution in [3.63, 3.8) is 0 Å². The van der Waals surface area contributed by atoms with Crippen LogP contribution in [0.25, 0.3) is 5.13 Å². The number of nitrogens with zero attached hydrogens (tertiary/aromatic N) is 3. The Morgan fingerprint density at radius 1 is 1.25 bits per heavy atom. The van der Waals surface area contributed by atoms with Gasteiger partial charge >= 0.3 is 0 Å². The molecule has 0 spiro atoms. The zero-order chi connectivity index (χ0) is 17.1. The van der Waals surface area contributed by atoms with E-state index in [1.165, 1.54) is 0 Å². The van der Waals surface area contributed by atoms with Gasteiger partial charge in [-0.3, -0.25) is 4.79 Å². The number of carbonyl (C=O) groups excluding carboxylic acids is 1. The van der Waals surface area contributed by atoms with Gasteiger partial charge in [0.15, 0.2) is 0 Å². The van der Waals surface area contributed by atoms with Crippen LogP contribution in [0.15, 0.2) is 35.7 Å². The van der Waals surface area contributed by atoms with Crippen LogP contribution in [0.5, 0.6) is 0 Å². The molecule has 0 aliphatic heterocycles. The van der Waals surface area contributed by atoms with Crippen LogP contribution in [0, 0.1) is 20.8 Å². The Morgan fingerprint density at radius 2 is 2.04 bits per heavy atom. The van der Waals surface area contributed by atoms with E-state index in [0.29, 0.717) is 13.0 Å². The van der Waals surface area contributed by atoms with E-state index in [2.05, 4.69) is 15.4 Å². The number of benzene rings is 1. The van der Waals surface area contributed by atoms with Crippen molar-refractivity contribution in [1.82, 2.24) is 20.1 Å². The molecule has 3 aromatic rings. The van der Waals surface area contributed by atoms with Crippen LogP contribution < -0.4 is 5.32 Å². The van der Waals surface area contributed by atoms with Crippen molar-refractivity contribution < 1.29 is 4.79 Å². The summed E-state index contributed by atoms with van der Waals surface area (Å²) >= 11 is 1.56. The zero-order valence-electron chi connectivity index (χ0n) is 14.0. The Kier molecular flexibility index (Phi) is 4.76. The molecule has 24 heavy (non-hydrogen) atoms. The highest BCUT2D eigenvalue weighted by Crippen LogP contribution is 2.17. The van der Waals surface area contributed by atoms with Crippen molar-refractivity contribution in [2.24, 2.45) is 0 Å². The molecule has 0 aliphatic carbocycles. The summed E-state index contributed by atoms with van der Waals surface area (Å²) in [7, 11) is 0. The standard InChI is InChI=1S/C18H20N4OS/c1-12-6-4-5-7-16(12)17(23)19-9-8-15-11-24-18(20-15)22-14(3)10-13(2)21-22/h4-7,10-11H,8-9H2,1-3H3,(H,19,23). The molecular weight excluding hydrogens is 320 g/mol. The number of hydrogen-bond donors (Lipinski definition) is 1. The molecule has 0 unspecified atom stereocenters. The van der Waals surface area contributed by atoms with E-state index in [4.69, 9.17) is 0 Å². The largest absolute Gasteiger partial charge is 0.352 e. The smallest absolute Gasteiger partial charge is 0.251 e. The van der Waals surface area contributed by atoms with Gasteiger partial charge in [-0.25, -0.2) is 9.67 Å². The Labute approximate surface area is 145 Å². The summed E-state index contributed by atoms with van der Waals surface area (Å²) in [4.78, 5) is 16.8. The van der Waals surface area contributed by atoms with Gasteiger partial charge in [0.1, 0.15) is 0 Å². The van der Waals surface area contributed by atoms with Gasteiger partial charge in [0.05, 0.1) is 11.4 Å². The van der Waals surface area contributed by atoms with Crippen LogP contribution in [-0.2, 0) is 6.42 Å². The monoisotopic (exact) mass is 340 g/mol. The number of rotatable bonds is 5. The maximum Gasteiger partial charge on any atom is 0.251 e. The molecule has 6 heteroatoms. The normalized spacial score (nSPS) is 10.8. The number of aromatic nitrogens is 3. The van der Waals surface area contributed by atoms with Gasteiger partial charge < -0.3 is 5.32 Å². The summed E-state index contributed by atoms with van der Waals surface area (Å²) < 4.78 is 1.86. The second-order valence-corrected chi connectivity index (χ2v) is 6.62. The van der Waals surface area contributed by atoms with Crippen molar-refractivity contribution in [3.8, 4) is 5.13 Å². The van der Waals surface area contributed by atoms with Gasteiger partial charge in [0.25, 0.3) is 5.91 Å². The van der Waals surface area contributed by atoms with Crippen molar-refractivity contribution in [1.29, 1.82) is 0 Å². The first kappa shape index (κ1) is 16.4. The Balaban J connectivity index is 1.59. The number of hydrogen-bond acceptors (Lipinski definition) is 4. The van der Waals surface area contributed by atoms with Gasteiger partial charge in [-0.05, 0) is 38.5 Å². The molecule has 0 radical (unpaired) electrons. The maximum absolute atomic E-state index is 12.2. The zero-order valence-corrected chi connectivity index (χ0v) is 14.9. The second kappa shape index (κ2) is 6.97. The topological polar surface area (TPSA) is 59.8 Å².